The Hall–Kier alpha value is -2.34. The van der Waals surface area contributed by atoms with E-state index in [0.29, 0.717) is 25.2 Å². The number of hydrogen-bond acceptors (Lipinski definition) is 5. The summed E-state index contributed by atoms with van der Waals surface area (Å²) in [5.74, 6) is -0.338. The highest BCUT2D eigenvalue weighted by molar-refractivity contribution is 5.91. The fourth-order valence-corrected chi connectivity index (χ4v) is 3.59. The summed E-state index contributed by atoms with van der Waals surface area (Å²) in [7, 11) is 0. The Morgan fingerprint density at radius 3 is 2.34 bits per heavy atom. The summed E-state index contributed by atoms with van der Waals surface area (Å²) in [5.41, 5.74) is 1.51. The van der Waals surface area contributed by atoms with Crippen molar-refractivity contribution in [2.24, 2.45) is 0 Å². The summed E-state index contributed by atoms with van der Waals surface area (Å²) in [6.45, 7) is 12.1. The molecule has 0 radical (unpaired) electrons. The Morgan fingerprint density at radius 2 is 1.72 bits per heavy atom. The zero-order valence-electron chi connectivity index (χ0n) is 18.2. The number of fused-ring (bicyclic) bond motifs is 2. The first kappa shape index (κ1) is 21.4. The number of morpholine rings is 1. The summed E-state index contributed by atoms with van der Waals surface area (Å²) in [6, 6.07) is 7.20. The van der Waals surface area contributed by atoms with Gasteiger partial charge < -0.3 is 14.2 Å². The number of benzene rings is 1. The predicted octanol–water partition coefficient (Wildman–Crippen LogP) is 4.43. The zero-order chi connectivity index (χ0) is 21.4. The predicted molar refractivity (Wildman–Crippen MR) is 111 cm³/mol. The highest BCUT2D eigenvalue weighted by Crippen LogP contribution is 2.34. The van der Waals surface area contributed by atoms with E-state index in [4.69, 9.17) is 14.2 Å². The van der Waals surface area contributed by atoms with Gasteiger partial charge in [-0.1, -0.05) is 18.2 Å². The van der Waals surface area contributed by atoms with Crippen LogP contribution in [-0.4, -0.2) is 53.5 Å². The van der Waals surface area contributed by atoms with E-state index in [1.54, 1.807) is 11.0 Å². The standard InChI is InChI=1S/C23H31NO5/c1-22(2,3)28-20(25)16-9-7-8-15(10-16)17-11-18-13-27-14-19(12-17)24(18)21(26)29-23(4,5)6/h7-11,18-19H,12-14H2,1-6H3. The number of amides is 1. The van der Waals surface area contributed by atoms with Gasteiger partial charge in [-0.15, -0.1) is 0 Å². The van der Waals surface area contributed by atoms with Crippen LogP contribution in [0.2, 0.25) is 0 Å². The van der Waals surface area contributed by atoms with Gasteiger partial charge in [0.15, 0.2) is 0 Å². The molecule has 0 saturated carbocycles. The Kier molecular flexibility index (Phi) is 5.77. The van der Waals surface area contributed by atoms with Gasteiger partial charge in [0, 0.05) is 0 Å². The Morgan fingerprint density at radius 1 is 1.03 bits per heavy atom. The minimum absolute atomic E-state index is 0.0891. The molecule has 29 heavy (non-hydrogen) atoms. The maximum atomic E-state index is 12.7. The summed E-state index contributed by atoms with van der Waals surface area (Å²) in [5, 5.41) is 0. The average molecular weight is 402 g/mol. The lowest BCUT2D eigenvalue weighted by atomic mass is 9.89. The van der Waals surface area contributed by atoms with Crippen molar-refractivity contribution in [3.05, 3.63) is 41.5 Å². The lowest BCUT2D eigenvalue weighted by Gasteiger charge is -2.44. The SMILES string of the molecule is CC(C)(C)OC(=O)c1cccc(C2=CC3COCC(C2)N3C(=O)OC(C)(C)C)c1. The van der Waals surface area contributed by atoms with Crippen molar-refractivity contribution in [2.45, 2.75) is 71.2 Å². The maximum Gasteiger partial charge on any atom is 0.411 e. The van der Waals surface area contributed by atoms with Crippen LogP contribution in [-0.2, 0) is 14.2 Å². The van der Waals surface area contributed by atoms with Crippen molar-refractivity contribution < 1.29 is 23.8 Å². The number of carbonyl (C=O) groups is 2. The third-order valence-electron chi connectivity index (χ3n) is 4.67. The summed E-state index contributed by atoms with van der Waals surface area (Å²) < 4.78 is 16.8. The zero-order valence-corrected chi connectivity index (χ0v) is 18.2. The number of carbonyl (C=O) groups excluding carboxylic acids is 2. The molecule has 1 fully saturated rings. The Balaban J connectivity index is 1.83. The van der Waals surface area contributed by atoms with Crippen LogP contribution in [0, 0.1) is 0 Å². The molecule has 0 aromatic heterocycles. The van der Waals surface area contributed by atoms with E-state index in [1.165, 1.54) is 0 Å². The second-order valence-electron chi connectivity index (χ2n) is 9.62. The summed E-state index contributed by atoms with van der Waals surface area (Å²) >= 11 is 0. The lowest BCUT2D eigenvalue weighted by Crippen LogP contribution is -2.57. The molecule has 6 heteroatoms. The summed E-state index contributed by atoms with van der Waals surface area (Å²) in [6.07, 6.45) is 2.38. The van der Waals surface area contributed by atoms with Crippen molar-refractivity contribution in [1.82, 2.24) is 4.90 Å². The van der Waals surface area contributed by atoms with E-state index in [1.807, 2.05) is 65.8 Å². The molecule has 1 saturated heterocycles. The Bertz CT molecular complexity index is 815. The van der Waals surface area contributed by atoms with Gasteiger partial charge in [0.2, 0.25) is 0 Å². The first-order chi connectivity index (χ1) is 13.4. The molecule has 2 aliphatic rings. The maximum absolute atomic E-state index is 12.7. The van der Waals surface area contributed by atoms with Crippen LogP contribution in [0.3, 0.4) is 0 Å². The monoisotopic (exact) mass is 401 g/mol. The molecule has 2 atom stereocenters. The molecule has 1 aromatic carbocycles. The first-order valence-electron chi connectivity index (χ1n) is 10.1. The quantitative estimate of drug-likeness (QED) is 0.686. The number of hydrogen-bond donors (Lipinski definition) is 0. The van der Waals surface area contributed by atoms with Crippen molar-refractivity contribution in [1.29, 1.82) is 0 Å². The lowest BCUT2D eigenvalue weighted by molar-refractivity contribution is -0.0510. The van der Waals surface area contributed by atoms with Gasteiger partial charge in [-0.05, 0) is 71.2 Å². The minimum Gasteiger partial charge on any atom is -0.456 e. The van der Waals surface area contributed by atoms with Crippen molar-refractivity contribution in [3.8, 4) is 0 Å². The molecule has 2 unspecified atom stereocenters. The molecular weight excluding hydrogens is 370 g/mol. The summed E-state index contributed by atoms with van der Waals surface area (Å²) in [4.78, 5) is 26.9. The van der Waals surface area contributed by atoms with E-state index in [9.17, 15) is 9.59 Å². The number of rotatable bonds is 2. The average Bonchev–Trinajstić information content (AvgIpc) is 2.57. The molecule has 0 N–H and O–H groups in total. The molecule has 1 amide bonds. The van der Waals surface area contributed by atoms with Crippen LogP contribution >= 0.6 is 0 Å². The van der Waals surface area contributed by atoms with Gasteiger partial charge in [0.05, 0.1) is 30.9 Å². The molecule has 6 nitrogen and oxygen atoms in total. The van der Waals surface area contributed by atoms with Crippen molar-refractivity contribution >= 4 is 17.6 Å². The molecule has 1 aromatic rings. The van der Waals surface area contributed by atoms with Crippen LogP contribution < -0.4 is 0 Å². The van der Waals surface area contributed by atoms with Crippen LogP contribution in [0.15, 0.2) is 30.3 Å². The highest BCUT2D eigenvalue weighted by Gasteiger charge is 2.40. The molecule has 0 spiro atoms. The van der Waals surface area contributed by atoms with Gasteiger partial charge in [-0.25, -0.2) is 9.59 Å². The smallest absolute Gasteiger partial charge is 0.411 e. The van der Waals surface area contributed by atoms with Gasteiger partial charge in [0.1, 0.15) is 11.2 Å². The van der Waals surface area contributed by atoms with Crippen LogP contribution in [0.1, 0.15) is 63.9 Å². The van der Waals surface area contributed by atoms with Gasteiger partial charge in [-0.3, -0.25) is 4.90 Å². The molecule has 2 heterocycles. The second-order valence-corrected chi connectivity index (χ2v) is 9.62. The third kappa shape index (κ3) is 5.38. The van der Waals surface area contributed by atoms with E-state index in [0.717, 1.165) is 11.1 Å². The van der Waals surface area contributed by atoms with E-state index < -0.39 is 11.2 Å². The van der Waals surface area contributed by atoms with Crippen LogP contribution in [0.25, 0.3) is 5.57 Å². The molecule has 3 rings (SSSR count). The van der Waals surface area contributed by atoms with Crippen LogP contribution in [0.4, 0.5) is 4.79 Å². The van der Waals surface area contributed by atoms with Crippen LogP contribution in [0.5, 0.6) is 0 Å². The van der Waals surface area contributed by atoms with E-state index >= 15 is 0 Å². The van der Waals surface area contributed by atoms with E-state index in [2.05, 4.69) is 0 Å². The van der Waals surface area contributed by atoms with Crippen molar-refractivity contribution in [2.75, 3.05) is 13.2 Å². The van der Waals surface area contributed by atoms with Gasteiger partial charge in [-0.2, -0.15) is 0 Å². The first-order valence-corrected chi connectivity index (χ1v) is 10.1. The fourth-order valence-electron chi connectivity index (χ4n) is 3.59. The topological polar surface area (TPSA) is 65.1 Å². The molecular formula is C23H31NO5. The number of esters is 1. The van der Waals surface area contributed by atoms with E-state index in [-0.39, 0.29) is 24.1 Å². The minimum atomic E-state index is -0.544. The van der Waals surface area contributed by atoms with Gasteiger partial charge in [0.25, 0.3) is 0 Å². The second kappa shape index (κ2) is 7.82. The number of nitrogens with zero attached hydrogens (tertiary/aromatic N) is 1. The molecule has 158 valence electrons. The fraction of sp³-hybridized carbons (Fsp3) is 0.565. The Labute approximate surface area is 172 Å². The molecule has 0 aliphatic carbocycles. The molecule has 2 bridgehead atoms. The highest BCUT2D eigenvalue weighted by atomic mass is 16.6. The number of ether oxygens (including phenoxy) is 3. The molecule has 2 aliphatic heterocycles. The normalized spacial score (nSPS) is 22.0. The third-order valence-corrected chi connectivity index (χ3v) is 4.67. The van der Waals surface area contributed by atoms with Crippen molar-refractivity contribution in [3.63, 3.8) is 0 Å². The largest absolute Gasteiger partial charge is 0.456 e. The van der Waals surface area contributed by atoms with Gasteiger partial charge >= 0.3 is 12.1 Å².